The molecule has 0 atom stereocenters. The predicted molar refractivity (Wildman–Crippen MR) is 127 cm³/mol. The number of benzene rings is 3. The van der Waals surface area contributed by atoms with Gasteiger partial charge in [-0.25, -0.2) is 4.79 Å². The monoisotopic (exact) mass is 460 g/mol. The Kier molecular flexibility index (Phi) is 7.85. The van der Waals surface area contributed by atoms with E-state index >= 15 is 0 Å². The van der Waals surface area contributed by atoms with Gasteiger partial charge in [0.15, 0.2) is 0 Å². The minimum Gasteiger partial charge on any atom is -0.487 e. The van der Waals surface area contributed by atoms with Gasteiger partial charge in [-0.15, -0.1) is 0 Å². The highest BCUT2D eigenvalue weighted by Crippen LogP contribution is 2.27. The highest BCUT2D eigenvalue weighted by molar-refractivity contribution is 6.32. The molecule has 33 heavy (non-hydrogen) atoms. The molecular weight excluding hydrogens is 440 g/mol. The van der Waals surface area contributed by atoms with Crippen LogP contribution in [0.25, 0.3) is 6.08 Å². The summed E-state index contributed by atoms with van der Waals surface area (Å²) in [6.45, 7) is 2.39. The largest absolute Gasteiger partial charge is 0.487 e. The van der Waals surface area contributed by atoms with Crippen molar-refractivity contribution in [3.63, 3.8) is 0 Å². The number of halogens is 1. The summed E-state index contributed by atoms with van der Waals surface area (Å²) in [5.41, 5.74) is 3.46. The number of esters is 1. The van der Waals surface area contributed by atoms with Gasteiger partial charge in [0.25, 0.3) is 5.91 Å². The van der Waals surface area contributed by atoms with Gasteiger partial charge in [0.1, 0.15) is 24.0 Å². The molecule has 1 amide bonds. The number of nitriles is 1. The summed E-state index contributed by atoms with van der Waals surface area (Å²) in [5.74, 6) is -0.559. The van der Waals surface area contributed by atoms with Crippen molar-refractivity contribution in [1.29, 1.82) is 5.26 Å². The molecule has 6 nitrogen and oxygen atoms in total. The van der Waals surface area contributed by atoms with Crippen LogP contribution < -0.4 is 10.1 Å². The van der Waals surface area contributed by atoms with Gasteiger partial charge < -0.3 is 14.8 Å². The molecule has 0 fully saturated rings. The molecule has 0 saturated heterocycles. The minimum absolute atomic E-state index is 0.101. The van der Waals surface area contributed by atoms with E-state index in [2.05, 4.69) is 10.1 Å². The van der Waals surface area contributed by atoms with E-state index in [1.165, 1.54) is 30.9 Å². The fourth-order valence-corrected chi connectivity index (χ4v) is 3.13. The number of carbonyl (C=O) groups excluding carboxylic acids is 2. The second kappa shape index (κ2) is 11.0. The zero-order valence-corrected chi connectivity index (χ0v) is 18.8. The lowest BCUT2D eigenvalue weighted by Gasteiger charge is -2.09. The van der Waals surface area contributed by atoms with Crippen molar-refractivity contribution in [3.05, 3.63) is 99.6 Å². The molecule has 0 aliphatic carbocycles. The van der Waals surface area contributed by atoms with E-state index in [1.807, 2.05) is 37.3 Å². The van der Waals surface area contributed by atoms with Gasteiger partial charge in [-0.05, 0) is 60.5 Å². The normalized spacial score (nSPS) is 10.8. The van der Waals surface area contributed by atoms with Crippen molar-refractivity contribution < 1.29 is 19.1 Å². The maximum Gasteiger partial charge on any atom is 0.337 e. The molecule has 0 unspecified atom stereocenters. The number of hydrogen-bond donors (Lipinski definition) is 1. The Morgan fingerprint density at radius 1 is 1.06 bits per heavy atom. The van der Waals surface area contributed by atoms with E-state index in [0.29, 0.717) is 34.2 Å². The lowest BCUT2D eigenvalue weighted by atomic mass is 10.1. The maximum absolute atomic E-state index is 12.5. The molecule has 0 aromatic heterocycles. The van der Waals surface area contributed by atoms with Crippen LogP contribution in [-0.4, -0.2) is 19.0 Å². The smallest absolute Gasteiger partial charge is 0.337 e. The molecule has 0 bridgehead atoms. The van der Waals surface area contributed by atoms with Crippen molar-refractivity contribution in [1.82, 2.24) is 0 Å². The summed E-state index contributed by atoms with van der Waals surface area (Å²) >= 11 is 6.33. The number of anilines is 1. The standard InChI is InChI=1S/C26H21ClN2O4/c1-17-3-5-18(6-4-17)16-33-24-12-7-19(14-23(24)27)13-21(15-28)25(30)29-22-10-8-20(9-11-22)26(31)32-2/h3-14H,16H2,1-2H3,(H,29,30)/b21-13+. The summed E-state index contributed by atoms with van der Waals surface area (Å²) in [6, 6.07) is 21.1. The Hall–Kier alpha value is -4.08. The van der Waals surface area contributed by atoms with Gasteiger partial charge in [-0.2, -0.15) is 5.26 Å². The molecular formula is C26H21ClN2O4. The van der Waals surface area contributed by atoms with Crippen LogP contribution in [-0.2, 0) is 16.1 Å². The number of amides is 1. The predicted octanol–water partition coefficient (Wildman–Crippen LogP) is 5.56. The molecule has 1 N–H and O–H groups in total. The number of nitrogens with zero attached hydrogens (tertiary/aromatic N) is 1. The Bertz CT molecular complexity index is 1230. The molecule has 0 aliphatic rings. The van der Waals surface area contributed by atoms with E-state index in [1.54, 1.807) is 30.3 Å². The van der Waals surface area contributed by atoms with Crippen molar-refractivity contribution >= 4 is 35.2 Å². The van der Waals surface area contributed by atoms with Crippen molar-refractivity contribution in [3.8, 4) is 11.8 Å². The SMILES string of the molecule is COC(=O)c1ccc(NC(=O)/C(C#N)=C/c2ccc(OCc3ccc(C)cc3)c(Cl)c2)cc1. The number of nitrogens with one attached hydrogen (secondary N) is 1. The summed E-state index contributed by atoms with van der Waals surface area (Å²) in [4.78, 5) is 24.0. The number of carbonyl (C=O) groups is 2. The van der Waals surface area contributed by atoms with E-state index in [-0.39, 0.29) is 5.57 Å². The molecule has 166 valence electrons. The number of ether oxygens (including phenoxy) is 2. The van der Waals surface area contributed by atoms with E-state index < -0.39 is 11.9 Å². The van der Waals surface area contributed by atoms with E-state index in [4.69, 9.17) is 16.3 Å². The fraction of sp³-hybridized carbons (Fsp3) is 0.115. The lowest BCUT2D eigenvalue weighted by Crippen LogP contribution is -2.13. The summed E-state index contributed by atoms with van der Waals surface area (Å²) < 4.78 is 10.4. The Morgan fingerprint density at radius 2 is 1.76 bits per heavy atom. The minimum atomic E-state index is -0.584. The highest BCUT2D eigenvalue weighted by atomic mass is 35.5. The van der Waals surface area contributed by atoms with E-state index in [0.717, 1.165) is 5.56 Å². The Balaban J connectivity index is 1.67. The molecule has 0 heterocycles. The number of hydrogen-bond acceptors (Lipinski definition) is 5. The molecule has 0 saturated carbocycles. The lowest BCUT2D eigenvalue weighted by molar-refractivity contribution is -0.112. The zero-order chi connectivity index (χ0) is 23.8. The van der Waals surface area contributed by atoms with Crippen LogP contribution in [0.5, 0.6) is 5.75 Å². The zero-order valence-electron chi connectivity index (χ0n) is 18.1. The van der Waals surface area contributed by atoms with Gasteiger partial charge in [0, 0.05) is 5.69 Å². The van der Waals surface area contributed by atoms with Crippen molar-refractivity contribution in [2.45, 2.75) is 13.5 Å². The van der Waals surface area contributed by atoms with Gasteiger partial charge in [0.2, 0.25) is 0 Å². The topological polar surface area (TPSA) is 88.4 Å². The number of rotatable bonds is 7. The third-order valence-electron chi connectivity index (χ3n) is 4.71. The van der Waals surface area contributed by atoms with Crippen LogP contribution in [0.4, 0.5) is 5.69 Å². The van der Waals surface area contributed by atoms with Crippen molar-refractivity contribution in [2.75, 3.05) is 12.4 Å². The van der Waals surface area contributed by atoms with E-state index in [9.17, 15) is 14.9 Å². The fourth-order valence-electron chi connectivity index (χ4n) is 2.89. The molecule has 3 rings (SSSR count). The summed E-state index contributed by atoms with van der Waals surface area (Å²) in [7, 11) is 1.29. The Morgan fingerprint density at radius 3 is 2.36 bits per heavy atom. The van der Waals surface area contributed by atoms with Gasteiger partial charge in [0.05, 0.1) is 17.7 Å². The number of aryl methyl sites for hydroxylation is 1. The first-order valence-corrected chi connectivity index (χ1v) is 10.4. The highest BCUT2D eigenvalue weighted by Gasteiger charge is 2.12. The third-order valence-corrected chi connectivity index (χ3v) is 5.01. The molecule has 0 aliphatic heterocycles. The first-order chi connectivity index (χ1) is 15.9. The van der Waals surface area contributed by atoms with Gasteiger partial charge in [-0.1, -0.05) is 47.5 Å². The third kappa shape index (κ3) is 6.45. The van der Waals surface area contributed by atoms with Crippen LogP contribution in [0.3, 0.4) is 0 Å². The molecule has 3 aromatic rings. The van der Waals surface area contributed by atoms with Crippen LogP contribution in [0.1, 0.15) is 27.0 Å². The first-order valence-electron chi connectivity index (χ1n) is 9.99. The number of methoxy groups -OCH3 is 1. The van der Waals surface area contributed by atoms with Crippen molar-refractivity contribution in [2.24, 2.45) is 0 Å². The maximum atomic E-state index is 12.5. The summed E-state index contributed by atoms with van der Waals surface area (Å²) in [6.07, 6.45) is 1.44. The second-order valence-electron chi connectivity index (χ2n) is 7.16. The molecule has 0 radical (unpaired) electrons. The molecule has 0 spiro atoms. The summed E-state index contributed by atoms with van der Waals surface area (Å²) in [5, 5.41) is 12.4. The Labute approximate surface area is 197 Å². The second-order valence-corrected chi connectivity index (χ2v) is 7.56. The first kappa shape index (κ1) is 23.6. The van der Waals surface area contributed by atoms with Crippen LogP contribution >= 0.6 is 11.6 Å². The molecule has 7 heteroatoms. The quantitative estimate of drug-likeness (QED) is 0.283. The molecule has 3 aromatic carbocycles. The van der Waals surface area contributed by atoms with Crippen LogP contribution in [0.15, 0.2) is 72.3 Å². The van der Waals surface area contributed by atoms with Crippen LogP contribution in [0.2, 0.25) is 5.02 Å². The van der Waals surface area contributed by atoms with Gasteiger partial charge >= 0.3 is 5.97 Å². The average Bonchev–Trinajstić information content (AvgIpc) is 2.83. The average molecular weight is 461 g/mol. The van der Waals surface area contributed by atoms with Gasteiger partial charge in [-0.3, -0.25) is 4.79 Å². The van der Waals surface area contributed by atoms with Crippen LogP contribution in [0, 0.1) is 18.3 Å².